The van der Waals surface area contributed by atoms with E-state index in [1.54, 1.807) is 0 Å². The number of ether oxygens (including phenoxy) is 3. The molecule has 0 fully saturated rings. The SMILES string of the molecule is CCCOc1ccc(CNCc2ccc3c(c2)OCO3)cc1Cl. The van der Waals surface area contributed by atoms with Gasteiger partial charge in [-0.15, -0.1) is 0 Å². The van der Waals surface area contributed by atoms with E-state index < -0.39 is 0 Å². The third kappa shape index (κ3) is 4.09. The van der Waals surface area contributed by atoms with Crippen molar-refractivity contribution in [3.05, 3.63) is 52.5 Å². The molecule has 122 valence electrons. The van der Waals surface area contributed by atoms with Crippen LogP contribution < -0.4 is 19.5 Å². The zero-order valence-electron chi connectivity index (χ0n) is 13.1. The Kier molecular flexibility index (Phi) is 5.26. The third-order valence-electron chi connectivity index (χ3n) is 3.55. The lowest BCUT2D eigenvalue weighted by Crippen LogP contribution is -2.12. The average molecular weight is 334 g/mol. The van der Waals surface area contributed by atoms with Crippen molar-refractivity contribution in [2.45, 2.75) is 26.4 Å². The number of rotatable bonds is 7. The first-order valence-corrected chi connectivity index (χ1v) is 8.14. The molecule has 0 spiro atoms. The maximum absolute atomic E-state index is 6.24. The van der Waals surface area contributed by atoms with Crippen LogP contribution in [0, 0.1) is 0 Å². The van der Waals surface area contributed by atoms with Crippen molar-refractivity contribution < 1.29 is 14.2 Å². The second kappa shape index (κ2) is 7.57. The van der Waals surface area contributed by atoms with Crippen molar-refractivity contribution in [2.75, 3.05) is 13.4 Å². The summed E-state index contributed by atoms with van der Waals surface area (Å²) in [5.41, 5.74) is 2.28. The summed E-state index contributed by atoms with van der Waals surface area (Å²) in [6, 6.07) is 11.9. The Labute approximate surface area is 141 Å². The highest BCUT2D eigenvalue weighted by Crippen LogP contribution is 2.32. The van der Waals surface area contributed by atoms with E-state index in [9.17, 15) is 0 Å². The van der Waals surface area contributed by atoms with Crippen LogP contribution in [-0.4, -0.2) is 13.4 Å². The molecule has 5 heteroatoms. The minimum absolute atomic E-state index is 0.303. The molecule has 1 aliphatic rings. The van der Waals surface area contributed by atoms with E-state index in [1.165, 1.54) is 0 Å². The fourth-order valence-electron chi connectivity index (χ4n) is 2.39. The molecule has 2 aromatic carbocycles. The van der Waals surface area contributed by atoms with E-state index in [0.29, 0.717) is 18.4 Å². The van der Waals surface area contributed by atoms with Crippen LogP contribution in [0.5, 0.6) is 17.2 Å². The van der Waals surface area contributed by atoms with E-state index >= 15 is 0 Å². The van der Waals surface area contributed by atoms with Gasteiger partial charge in [0.15, 0.2) is 11.5 Å². The van der Waals surface area contributed by atoms with Gasteiger partial charge in [0.25, 0.3) is 0 Å². The van der Waals surface area contributed by atoms with Gasteiger partial charge in [0.1, 0.15) is 5.75 Å². The average Bonchev–Trinajstić information content (AvgIpc) is 3.02. The molecule has 0 aliphatic carbocycles. The van der Waals surface area contributed by atoms with Crippen LogP contribution in [-0.2, 0) is 13.1 Å². The summed E-state index contributed by atoms with van der Waals surface area (Å²) in [6.45, 7) is 4.55. The van der Waals surface area contributed by atoms with Crippen LogP contribution in [0.4, 0.5) is 0 Å². The predicted molar refractivity (Wildman–Crippen MR) is 90.3 cm³/mol. The maximum atomic E-state index is 6.24. The van der Waals surface area contributed by atoms with Gasteiger partial charge in [-0.1, -0.05) is 30.7 Å². The molecular formula is C18H20ClNO3. The first-order chi connectivity index (χ1) is 11.3. The zero-order valence-corrected chi connectivity index (χ0v) is 13.9. The van der Waals surface area contributed by atoms with Gasteiger partial charge in [0.2, 0.25) is 6.79 Å². The monoisotopic (exact) mass is 333 g/mol. The van der Waals surface area contributed by atoms with Crippen LogP contribution in [0.25, 0.3) is 0 Å². The van der Waals surface area contributed by atoms with Crippen molar-refractivity contribution in [3.8, 4) is 17.2 Å². The Morgan fingerprint density at radius 2 is 1.78 bits per heavy atom. The fourth-order valence-corrected chi connectivity index (χ4v) is 2.64. The molecular weight excluding hydrogens is 314 g/mol. The first kappa shape index (κ1) is 16.0. The fraction of sp³-hybridized carbons (Fsp3) is 0.333. The Morgan fingerprint density at radius 3 is 2.57 bits per heavy atom. The predicted octanol–water partition coefficient (Wildman–Crippen LogP) is 4.15. The highest BCUT2D eigenvalue weighted by molar-refractivity contribution is 6.32. The number of nitrogens with one attached hydrogen (secondary N) is 1. The third-order valence-corrected chi connectivity index (χ3v) is 3.85. The summed E-state index contributed by atoms with van der Waals surface area (Å²) in [6.07, 6.45) is 0.967. The molecule has 0 saturated carbocycles. The van der Waals surface area contributed by atoms with E-state index in [1.807, 2.05) is 36.4 Å². The summed E-state index contributed by atoms with van der Waals surface area (Å²) in [5, 5.41) is 4.06. The van der Waals surface area contributed by atoms with Gasteiger partial charge in [-0.3, -0.25) is 0 Å². The van der Waals surface area contributed by atoms with Gasteiger partial charge in [0, 0.05) is 13.1 Å². The molecule has 23 heavy (non-hydrogen) atoms. The maximum Gasteiger partial charge on any atom is 0.231 e. The van der Waals surface area contributed by atoms with Gasteiger partial charge in [-0.25, -0.2) is 0 Å². The molecule has 0 radical (unpaired) electrons. The molecule has 0 amide bonds. The number of fused-ring (bicyclic) bond motifs is 1. The topological polar surface area (TPSA) is 39.7 Å². The summed E-state index contributed by atoms with van der Waals surface area (Å²) in [4.78, 5) is 0. The highest BCUT2D eigenvalue weighted by atomic mass is 35.5. The zero-order chi connectivity index (χ0) is 16.1. The molecule has 0 bridgehead atoms. The van der Waals surface area contributed by atoms with Gasteiger partial charge < -0.3 is 19.5 Å². The largest absolute Gasteiger partial charge is 0.492 e. The van der Waals surface area contributed by atoms with E-state index in [4.69, 9.17) is 25.8 Å². The summed E-state index contributed by atoms with van der Waals surface area (Å²) >= 11 is 6.24. The van der Waals surface area contributed by atoms with Crippen LogP contribution >= 0.6 is 11.6 Å². The number of benzene rings is 2. The van der Waals surface area contributed by atoms with Crippen molar-refractivity contribution >= 4 is 11.6 Å². The lowest BCUT2D eigenvalue weighted by atomic mass is 10.2. The summed E-state index contributed by atoms with van der Waals surface area (Å²) in [5.74, 6) is 2.36. The summed E-state index contributed by atoms with van der Waals surface area (Å²) in [7, 11) is 0. The van der Waals surface area contributed by atoms with E-state index in [-0.39, 0.29) is 0 Å². The summed E-state index contributed by atoms with van der Waals surface area (Å²) < 4.78 is 16.3. The smallest absolute Gasteiger partial charge is 0.231 e. The van der Waals surface area contributed by atoms with Crippen molar-refractivity contribution in [1.29, 1.82) is 0 Å². The minimum Gasteiger partial charge on any atom is -0.492 e. The second-order valence-corrected chi connectivity index (χ2v) is 5.81. The van der Waals surface area contributed by atoms with Crippen LogP contribution in [0.3, 0.4) is 0 Å². The van der Waals surface area contributed by atoms with Crippen LogP contribution in [0.2, 0.25) is 5.02 Å². The molecule has 2 aromatic rings. The van der Waals surface area contributed by atoms with Gasteiger partial charge >= 0.3 is 0 Å². The molecule has 1 heterocycles. The molecule has 0 saturated heterocycles. The van der Waals surface area contributed by atoms with Gasteiger partial charge in [-0.05, 0) is 41.8 Å². The molecule has 0 aromatic heterocycles. The normalized spacial score (nSPS) is 12.4. The molecule has 0 atom stereocenters. The van der Waals surface area contributed by atoms with E-state index in [0.717, 1.165) is 47.9 Å². The lowest BCUT2D eigenvalue weighted by Gasteiger charge is -2.10. The molecule has 3 rings (SSSR count). The standard InChI is InChI=1S/C18H20ClNO3/c1-2-7-21-16-5-3-13(8-15(16)19)10-20-11-14-4-6-17-18(9-14)23-12-22-17/h3-6,8-9,20H,2,7,10-12H2,1H3. The van der Waals surface area contributed by atoms with Gasteiger partial charge in [0.05, 0.1) is 11.6 Å². The van der Waals surface area contributed by atoms with E-state index in [2.05, 4.69) is 12.2 Å². The Bertz CT molecular complexity index is 675. The first-order valence-electron chi connectivity index (χ1n) is 7.76. The number of hydrogen-bond donors (Lipinski definition) is 1. The lowest BCUT2D eigenvalue weighted by molar-refractivity contribution is 0.174. The molecule has 0 unspecified atom stereocenters. The van der Waals surface area contributed by atoms with Crippen LogP contribution in [0.1, 0.15) is 24.5 Å². The van der Waals surface area contributed by atoms with Crippen molar-refractivity contribution in [1.82, 2.24) is 5.32 Å². The Morgan fingerprint density at radius 1 is 1.04 bits per heavy atom. The van der Waals surface area contributed by atoms with Crippen molar-refractivity contribution in [3.63, 3.8) is 0 Å². The molecule has 4 nitrogen and oxygen atoms in total. The minimum atomic E-state index is 0.303. The number of hydrogen-bond acceptors (Lipinski definition) is 4. The molecule has 1 N–H and O–H groups in total. The van der Waals surface area contributed by atoms with Crippen molar-refractivity contribution in [2.24, 2.45) is 0 Å². The molecule has 1 aliphatic heterocycles. The quantitative estimate of drug-likeness (QED) is 0.826. The van der Waals surface area contributed by atoms with Crippen LogP contribution in [0.15, 0.2) is 36.4 Å². The Balaban J connectivity index is 1.53. The number of halogens is 1. The highest BCUT2D eigenvalue weighted by Gasteiger charge is 2.12. The Hall–Kier alpha value is -1.91. The second-order valence-electron chi connectivity index (χ2n) is 5.40. The van der Waals surface area contributed by atoms with Gasteiger partial charge in [-0.2, -0.15) is 0 Å².